The Morgan fingerprint density at radius 1 is 1.02 bits per heavy atom. The largest absolute Gasteiger partial charge is 0.461 e. The van der Waals surface area contributed by atoms with Crippen LogP contribution in [0.2, 0.25) is 0 Å². The van der Waals surface area contributed by atoms with Gasteiger partial charge in [0.05, 0.1) is 10.9 Å². The molecule has 5 aromatic rings. The summed E-state index contributed by atoms with van der Waals surface area (Å²) in [6.45, 7) is 1.94. The molecule has 3 aliphatic rings. The minimum Gasteiger partial charge on any atom is -0.461 e. The number of aromatic nitrogens is 5. The Hall–Kier alpha value is -5.68. The topological polar surface area (TPSA) is 100 Å². The summed E-state index contributed by atoms with van der Waals surface area (Å²) < 4.78 is 67.4. The summed E-state index contributed by atoms with van der Waals surface area (Å²) in [4.78, 5) is 39.8. The fourth-order valence-electron chi connectivity index (χ4n) is 7.68. The predicted octanol–water partition coefficient (Wildman–Crippen LogP) is 5.51. The molecule has 3 aliphatic heterocycles. The molecule has 0 saturated carbocycles. The number of piperazine rings is 1. The van der Waals surface area contributed by atoms with Gasteiger partial charge in [0.15, 0.2) is 17.5 Å². The van der Waals surface area contributed by atoms with Crippen molar-refractivity contribution in [2.45, 2.75) is 31.0 Å². The molecule has 2 aromatic carbocycles. The predicted molar refractivity (Wildman–Crippen MR) is 187 cm³/mol. The highest BCUT2D eigenvalue weighted by atomic mass is 19.1. The quantitative estimate of drug-likeness (QED) is 0.123. The van der Waals surface area contributed by atoms with E-state index in [4.69, 9.17) is 16.1 Å². The van der Waals surface area contributed by atoms with Crippen LogP contribution in [0.1, 0.15) is 30.7 Å². The van der Waals surface area contributed by atoms with Crippen molar-refractivity contribution in [1.82, 2.24) is 34.7 Å². The normalized spacial score (nSPS) is 20.8. The minimum atomic E-state index is -0.995. The number of carbonyl (C=O) groups excluding carboxylic acids is 1. The van der Waals surface area contributed by atoms with Crippen molar-refractivity contribution in [2.75, 3.05) is 50.8 Å². The maximum atomic E-state index is 16.8. The number of nitrogens with zero attached hydrogens (tertiary/aromatic N) is 8. The molecule has 3 fully saturated rings. The molecule has 2 atom stereocenters. The second kappa shape index (κ2) is 13.5. The molecule has 0 bridgehead atoms. The molecule has 1 amide bonds. The van der Waals surface area contributed by atoms with Crippen molar-refractivity contribution in [1.29, 1.82) is 0 Å². The van der Waals surface area contributed by atoms with Gasteiger partial charge in [-0.05, 0) is 37.6 Å². The van der Waals surface area contributed by atoms with Crippen LogP contribution in [0.3, 0.4) is 0 Å². The number of carbonyl (C=O) groups is 1. The van der Waals surface area contributed by atoms with E-state index in [1.807, 2.05) is 4.90 Å². The maximum absolute atomic E-state index is 16.8. The average Bonchev–Trinajstić information content (AvgIpc) is 3.70. The zero-order valence-electron chi connectivity index (χ0n) is 27.9. The molecule has 264 valence electrons. The van der Waals surface area contributed by atoms with Gasteiger partial charge in [-0.3, -0.25) is 14.7 Å². The molecule has 3 aromatic heterocycles. The summed E-state index contributed by atoms with van der Waals surface area (Å²) in [6, 6.07) is 9.00. The van der Waals surface area contributed by atoms with Gasteiger partial charge >= 0.3 is 6.01 Å². The van der Waals surface area contributed by atoms with E-state index in [9.17, 15) is 18.0 Å². The second-order valence-electron chi connectivity index (χ2n) is 13.2. The van der Waals surface area contributed by atoms with Crippen LogP contribution in [0.15, 0.2) is 60.8 Å². The van der Waals surface area contributed by atoms with Crippen molar-refractivity contribution in [3.8, 4) is 29.6 Å². The van der Waals surface area contributed by atoms with E-state index in [0.29, 0.717) is 29.7 Å². The molecule has 0 aliphatic carbocycles. The summed E-state index contributed by atoms with van der Waals surface area (Å²) in [5.41, 5.74) is -0.0271. The van der Waals surface area contributed by atoms with E-state index in [-0.39, 0.29) is 72.2 Å². The van der Waals surface area contributed by atoms with Crippen LogP contribution in [0.25, 0.3) is 39.0 Å². The average molecular weight is 709 g/mol. The Balaban J connectivity index is 1.16. The fourth-order valence-corrected chi connectivity index (χ4v) is 7.68. The van der Waals surface area contributed by atoms with Crippen molar-refractivity contribution in [2.24, 2.45) is 0 Å². The summed E-state index contributed by atoms with van der Waals surface area (Å²) in [7, 11) is 0. The number of rotatable bonds is 7. The standard InChI is InChI=1S/C38H32F4N8O2/c1-2-23-8-9-28(40)25-6-3-7-26(31(23)25)33-32(42)34-27(20-45-33)35(47-37(46-34)52-22-38-10-4-13-50(38)21-24(39)19-38)48-14-16-49(17-15-48)36(51)29(41)18-30-43-11-5-12-44-30/h1,3,5-9,11-12,18,20,24H,4,10,13-17,19,21-22H2/b29-18-/t24-,38?/m1/s1. The molecule has 1 unspecified atom stereocenters. The van der Waals surface area contributed by atoms with Gasteiger partial charge in [0, 0.05) is 85.7 Å². The van der Waals surface area contributed by atoms with Gasteiger partial charge in [0.25, 0.3) is 5.91 Å². The number of pyridine rings is 1. The number of fused-ring (bicyclic) bond motifs is 3. The molecule has 3 saturated heterocycles. The Kier molecular flexibility index (Phi) is 8.66. The Labute approximate surface area is 296 Å². The number of ether oxygens (including phenoxy) is 1. The first-order valence-corrected chi connectivity index (χ1v) is 17.0. The zero-order chi connectivity index (χ0) is 36.0. The van der Waals surface area contributed by atoms with Gasteiger partial charge in [-0.1, -0.05) is 24.1 Å². The van der Waals surface area contributed by atoms with Crippen molar-refractivity contribution >= 4 is 39.5 Å². The highest BCUT2D eigenvalue weighted by Crippen LogP contribution is 2.41. The smallest absolute Gasteiger partial charge is 0.319 e. The third kappa shape index (κ3) is 5.94. The van der Waals surface area contributed by atoms with Gasteiger partial charge in [-0.25, -0.2) is 27.5 Å². The highest BCUT2D eigenvalue weighted by Gasteiger charge is 2.49. The van der Waals surface area contributed by atoms with Crippen molar-refractivity contribution < 1.29 is 27.1 Å². The van der Waals surface area contributed by atoms with Gasteiger partial charge in [0.1, 0.15) is 35.6 Å². The lowest BCUT2D eigenvalue weighted by Gasteiger charge is -2.35. The Morgan fingerprint density at radius 3 is 2.62 bits per heavy atom. The Morgan fingerprint density at radius 2 is 1.83 bits per heavy atom. The van der Waals surface area contributed by atoms with Crippen molar-refractivity contribution in [3.63, 3.8) is 0 Å². The molecule has 0 spiro atoms. The minimum absolute atomic E-state index is 0.0740. The molecule has 52 heavy (non-hydrogen) atoms. The molecular formula is C38H32F4N8O2. The number of hydrogen-bond acceptors (Lipinski definition) is 9. The molecule has 10 nitrogen and oxygen atoms in total. The third-order valence-electron chi connectivity index (χ3n) is 10.2. The van der Waals surface area contributed by atoms with Crippen LogP contribution in [0.5, 0.6) is 6.01 Å². The first-order chi connectivity index (χ1) is 25.2. The number of amides is 1. The van der Waals surface area contributed by atoms with Crippen LogP contribution in [0, 0.1) is 24.0 Å². The maximum Gasteiger partial charge on any atom is 0.319 e. The summed E-state index contributed by atoms with van der Waals surface area (Å²) in [5, 5.41) is 0.833. The molecular weight excluding hydrogens is 676 g/mol. The second-order valence-corrected chi connectivity index (χ2v) is 13.2. The Bertz CT molecular complexity index is 2280. The fraction of sp³-hybridized carbons (Fsp3) is 0.316. The van der Waals surface area contributed by atoms with E-state index in [2.05, 4.69) is 30.8 Å². The summed E-state index contributed by atoms with van der Waals surface area (Å²) in [6.07, 6.45) is 12.1. The van der Waals surface area contributed by atoms with E-state index in [1.54, 1.807) is 24.3 Å². The number of hydrogen-bond donors (Lipinski definition) is 0. The first-order valence-electron chi connectivity index (χ1n) is 17.0. The van der Waals surface area contributed by atoms with E-state index in [1.165, 1.54) is 35.6 Å². The number of anilines is 1. The monoisotopic (exact) mass is 708 g/mol. The van der Waals surface area contributed by atoms with E-state index < -0.39 is 35.1 Å². The molecule has 14 heteroatoms. The van der Waals surface area contributed by atoms with Gasteiger partial charge < -0.3 is 14.5 Å². The zero-order valence-corrected chi connectivity index (χ0v) is 27.9. The van der Waals surface area contributed by atoms with Crippen LogP contribution in [-0.2, 0) is 4.79 Å². The third-order valence-corrected chi connectivity index (χ3v) is 10.2. The van der Waals surface area contributed by atoms with E-state index in [0.717, 1.165) is 25.5 Å². The van der Waals surface area contributed by atoms with Crippen LogP contribution < -0.4 is 9.64 Å². The lowest BCUT2D eigenvalue weighted by atomic mass is 9.95. The number of halogens is 4. The SMILES string of the molecule is C#Cc1ccc(F)c2cccc(-c3ncc4c(N5CCN(C(=O)/C(F)=C/c6ncccn6)CC5)nc(OCC56CCCN5C[C@H](F)C6)nc4c3F)c12. The summed E-state index contributed by atoms with van der Waals surface area (Å²) >= 11 is 0. The molecule has 0 radical (unpaired) electrons. The number of benzene rings is 2. The van der Waals surface area contributed by atoms with Gasteiger partial charge in [-0.2, -0.15) is 9.97 Å². The number of alkyl halides is 1. The molecule has 6 heterocycles. The number of terminal acetylenes is 1. The van der Waals surface area contributed by atoms with Crippen LogP contribution in [-0.4, -0.2) is 98.2 Å². The van der Waals surface area contributed by atoms with Gasteiger partial charge in [-0.15, -0.1) is 6.42 Å². The first kappa shape index (κ1) is 33.5. The highest BCUT2D eigenvalue weighted by molar-refractivity contribution is 6.02. The van der Waals surface area contributed by atoms with Crippen LogP contribution >= 0.6 is 0 Å². The summed E-state index contributed by atoms with van der Waals surface area (Å²) in [5.74, 6) is -0.162. The van der Waals surface area contributed by atoms with Crippen LogP contribution in [0.4, 0.5) is 23.4 Å². The van der Waals surface area contributed by atoms with Gasteiger partial charge in [0.2, 0.25) is 0 Å². The molecule has 8 rings (SSSR count). The lowest BCUT2D eigenvalue weighted by molar-refractivity contribution is -0.128. The van der Waals surface area contributed by atoms with E-state index >= 15 is 4.39 Å². The lowest BCUT2D eigenvalue weighted by Crippen LogP contribution is -2.49. The van der Waals surface area contributed by atoms with Crippen molar-refractivity contribution in [3.05, 3.63) is 83.8 Å². The molecule has 0 N–H and O–H groups in total.